The first-order valence-electron chi connectivity index (χ1n) is 6.88. The van der Waals surface area contributed by atoms with E-state index in [-0.39, 0.29) is 24.5 Å². The number of benzene rings is 1. The van der Waals surface area contributed by atoms with E-state index in [0.717, 1.165) is 31.4 Å². The number of halogens is 1. The van der Waals surface area contributed by atoms with Crippen molar-refractivity contribution in [3.05, 3.63) is 29.8 Å². The molecule has 2 N–H and O–H groups in total. The number of hydrogen-bond acceptors (Lipinski definition) is 3. The number of nitrogens with one attached hydrogen (secondary N) is 2. The molecule has 1 fully saturated rings. The van der Waals surface area contributed by atoms with Crippen LogP contribution in [-0.2, 0) is 16.4 Å². The Labute approximate surface area is 127 Å². The van der Waals surface area contributed by atoms with Crippen LogP contribution in [-0.4, -0.2) is 27.0 Å². The molecule has 2 rings (SSSR count). The van der Waals surface area contributed by atoms with Crippen LogP contribution in [0.4, 0.5) is 0 Å². The largest absolute Gasteiger partial charge is 0.313 e. The Morgan fingerprint density at radius 3 is 2.70 bits per heavy atom. The summed E-state index contributed by atoms with van der Waals surface area (Å²) in [6.07, 6.45) is 2.62. The molecule has 0 saturated carbocycles. The summed E-state index contributed by atoms with van der Waals surface area (Å²) in [5.41, 5.74) is 0.867. The molecule has 2 atom stereocenters. The summed E-state index contributed by atoms with van der Waals surface area (Å²) in [7, 11) is -3.43. The van der Waals surface area contributed by atoms with Crippen LogP contribution in [0.5, 0.6) is 0 Å². The molecule has 114 valence electrons. The fourth-order valence-corrected chi connectivity index (χ4v) is 4.19. The average Bonchev–Trinajstić information content (AvgIpc) is 2.41. The summed E-state index contributed by atoms with van der Waals surface area (Å²) in [4.78, 5) is 0.412. The van der Waals surface area contributed by atoms with Crippen molar-refractivity contribution in [3.63, 3.8) is 0 Å². The van der Waals surface area contributed by atoms with E-state index < -0.39 is 10.0 Å². The van der Waals surface area contributed by atoms with Crippen LogP contribution in [0.15, 0.2) is 29.2 Å². The molecule has 0 spiro atoms. The van der Waals surface area contributed by atoms with E-state index in [1.165, 1.54) is 0 Å². The molecule has 1 saturated heterocycles. The average molecular weight is 319 g/mol. The van der Waals surface area contributed by atoms with Gasteiger partial charge in [0.05, 0.1) is 4.90 Å². The highest BCUT2D eigenvalue weighted by Gasteiger charge is 2.27. The predicted octanol–water partition coefficient (Wildman–Crippen LogP) is 2.09. The monoisotopic (exact) mass is 318 g/mol. The van der Waals surface area contributed by atoms with Gasteiger partial charge in [0.2, 0.25) is 10.0 Å². The van der Waals surface area contributed by atoms with Crippen molar-refractivity contribution < 1.29 is 8.42 Å². The Morgan fingerprint density at radius 1 is 1.35 bits per heavy atom. The lowest BCUT2D eigenvalue weighted by molar-refractivity contribution is 0.348. The van der Waals surface area contributed by atoms with Crippen molar-refractivity contribution >= 4 is 22.4 Å². The molecule has 1 aromatic carbocycles. The topological polar surface area (TPSA) is 58.2 Å². The van der Waals surface area contributed by atoms with Gasteiger partial charge in [0.25, 0.3) is 0 Å². The maximum absolute atomic E-state index is 12.5. The highest BCUT2D eigenvalue weighted by molar-refractivity contribution is 7.89. The second-order valence-electron chi connectivity index (χ2n) is 5.07. The van der Waals surface area contributed by atoms with Crippen LogP contribution < -0.4 is 10.0 Å². The first-order valence-corrected chi connectivity index (χ1v) is 8.36. The Kier molecular flexibility index (Phi) is 6.45. The van der Waals surface area contributed by atoms with Gasteiger partial charge in [-0.1, -0.05) is 25.1 Å². The SMILES string of the molecule is CCc1ccccc1S(=O)(=O)NC1CCCNC1C.Cl. The van der Waals surface area contributed by atoms with Crippen LogP contribution in [0.2, 0.25) is 0 Å². The quantitative estimate of drug-likeness (QED) is 0.893. The van der Waals surface area contributed by atoms with E-state index in [4.69, 9.17) is 0 Å². The second-order valence-corrected chi connectivity index (χ2v) is 6.76. The maximum atomic E-state index is 12.5. The molecule has 1 heterocycles. The lowest BCUT2D eigenvalue weighted by Gasteiger charge is -2.30. The summed E-state index contributed by atoms with van der Waals surface area (Å²) in [6.45, 7) is 4.96. The molecule has 0 amide bonds. The van der Waals surface area contributed by atoms with Gasteiger partial charge >= 0.3 is 0 Å². The highest BCUT2D eigenvalue weighted by atomic mass is 35.5. The van der Waals surface area contributed by atoms with Crippen molar-refractivity contribution in [2.45, 2.75) is 50.1 Å². The number of sulfonamides is 1. The van der Waals surface area contributed by atoms with E-state index in [1.807, 2.05) is 26.0 Å². The molecule has 6 heteroatoms. The molecular weight excluding hydrogens is 296 g/mol. The Bertz CT molecular complexity index is 534. The maximum Gasteiger partial charge on any atom is 0.241 e. The Hall–Kier alpha value is -0.620. The molecule has 1 aromatic rings. The van der Waals surface area contributed by atoms with Crippen LogP contribution in [0.3, 0.4) is 0 Å². The summed E-state index contributed by atoms with van der Waals surface area (Å²) in [5, 5.41) is 3.31. The summed E-state index contributed by atoms with van der Waals surface area (Å²) < 4.78 is 27.8. The third-order valence-corrected chi connectivity index (χ3v) is 5.30. The molecule has 0 aliphatic carbocycles. The minimum Gasteiger partial charge on any atom is -0.313 e. The Balaban J connectivity index is 0.00000200. The second kappa shape index (κ2) is 7.41. The molecule has 0 aromatic heterocycles. The minimum absolute atomic E-state index is 0. The molecule has 1 aliphatic rings. The van der Waals surface area contributed by atoms with Crippen LogP contribution in [0.25, 0.3) is 0 Å². The number of hydrogen-bond donors (Lipinski definition) is 2. The van der Waals surface area contributed by atoms with Gasteiger partial charge in [-0.25, -0.2) is 13.1 Å². The summed E-state index contributed by atoms with van der Waals surface area (Å²) >= 11 is 0. The fraction of sp³-hybridized carbons (Fsp3) is 0.571. The third-order valence-electron chi connectivity index (χ3n) is 3.71. The molecule has 2 unspecified atom stereocenters. The van der Waals surface area contributed by atoms with Gasteiger partial charge in [-0.05, 0) is 44.4 Å². The standard InChI is InChI=1S/C14H22N2O2S.ClH/c1-3-12-7-4-5-9-14(12)19(17,18)16-13-8-6-10-15-11(13)2;/h4-5,7,9,11,13,15-16H,3,6,8,10H2,1-2H3;1H. The van der Waals surface area contributed by atoms with Crippen LogP contribution >= 0.6 is 12.4 Å². The molecule has 20 heavy (non-hydrogen) atoms. The highest BCUT2D eigenvalue weighted by Crippen LogP contribution is 2.18. The first kappa shape index (κ1) is 17.4. The van der Waals surface area contributed by atoms with Gasteiger partial charge < -0.3 is 5.32 Å². The normalized spacial score (nSPS) is 23.1. The van der Waals surface area contributed by atoms with E-state index >= 15 is 0 Å². The molecule has 1 aliphatic heterocycles. The number of piperidine rings is 1. The summed E-state index contributed by atoms with van der Waals surface area (Å²) in [6, 6.07) is 7.36. The van der Waals surface area contributed by atoms with Crippen molar-refractivity contribution in [1.82, 2.24) is 10.0 Å². The van der Waals surface area contributed by atoms with Crippen molar-refractivity contribution in [3.8, 4) is 0 Å². The zero-order chi connectivity index (χ0) is 13.9. The van der Waals surface area contributed by atoms with Gasteiger partial charge in [-0.2, -0.15) is 0 Å². The zero-order valence-corrected chi connectivity index (χ0v) is 13.6. The predicted molar refractivity (Wildman–Crippen MR) is 83.9 cm³/mol. The zero-order valence-electron chi connectivity index (χ0n) is 11.9. The molecule has 4 nitrogen and oxygen atoms in total. The lowest BCUT2D eigenvalue weighted by Crippen LogP contribution is -2.51. The first-order chi connectivity index (χ1) is 9.04. The van der Waals surface area contributed by atoms with E-state index in [9.17, 15) is 8.42 Å². The fourth-order valence-electron chi connectivity index (χ4n) is 2.53. The van der Waals surface area contributed by atoms with Gasteiger partial charge in [-0.3, -0.25) is 0 Å². The van der Waals surface area contributed by atoms with Crippen molar-refractivity contribution in [2.24, 2.45) is 0 Å². The van der Waals surface area contributed by atoms with E-state index in [0.29, 0.717) is 4.90 Å². The molecular formula is C14H23ClN2O2S. The van der Waals surface area contributed by atoms with E-state index in [1.54, 1.807) is 12.1 Å². The summed E-state index contributed by atoms with van der Waals surface area (Å²) in [5.74, 6) is 0. The van der Waals surface area contributed by atoms with Gasteiger partial charge in [-0.15, -0.1) is 12.4 Å². The van der Waals surface area contributed by atoms with Crippen LogP contribution in [0.1, 0.15) is 32.3 Å². The van der Waals surface area contributed by atoms with Gasteiger partial charge in [0.1, 0.15) is 0 Å². The van der Waals surface area contributed by atoms with Gasteiger partial charge in [0.15, 0.2) is 0 Å². The smallest absolute Gasteiger partial charge is 0.241 e. The number of aryl methyl sites for hydroxylation is 1. The Morgan fingerprint density at radius 2 is 2.05 bits per heavy atom. The third kappa shape index (κ3) is 3.95. The molecule has 0 bridgehead atoms. The van der Waals surface area contributed by atoms with E-state index in [2.05, 4.69) is 10.0 Å². The minimum atomic E-state index is -3.43. The van der Waals surface area contributed by atoms with Gasteiger partial charge in [0, 0.05) is 12.1 Å². The number of rotatable bonds is 4. The van der Waals surface area contributed by atoms with Crippen molar-refractivity contribution in [1.29, 1.82) is 0 Å². The lowest BCUT2D eigenvalue weighted by atomic mass is 10.0. The van der Waals surface area contributed by atoms with Crippen LogP contribution in [0, 0.1) is 0 Å². The van der Waals surface area contributed by atoms with Crippen molar-refractivity contribution in [2.75, 3.05) is 6.54 Å². The molecule has 0 radical (unpaired) electrons.